The predicted molar refractivity (Wildman–Crippen MR) is 92.5 cm³/mol. The molecular weight excluding hydrogens is 330 g/mol. The van der Waals surface area contributed by atoms with Crippen LogP contribution in [0.2, 0.25) is 5.02 Å². The predicted octanol–water partition coefficient (Wildman–Crippen LogP) is 4.06. The van der Waals surface area contributed by atoms with Gasteiger partial charge in [-0.25, -0.2) is 0 Å². The molecule has 2 aromatic rings. The lowest BCUT2D eigenvalue weighted by molar-refractivity contribution is 0.0753. The highest BCUT2D eigenvalue weighted by molar-refractivity contribution is 6.30. The number of halogens is 1. The van der Waals surface area contributed by atoms with Crippen LogP contribution in [0.3, 0.4) is 0 Å². The number of carbonyl (C=O) groups excluding carboxylic acids is 1. The van der Waals surface area contributed by atoms with Gasteiger partial charge in [0.25, 0.3) is 5.91 Å². The highest BCUT2D eigenvalue weighted by Crippen LogP contribution is 2.17. The average Bonchev–Trinajstić information content (AvgIpc) is 3.02. The van der Waals surface area contributed by atoms with Crippen molar-refractivity contribution < 1.29 is 18.7 Å². The molecule has 0 saturated carbocycles. The third-order valence-corrected chi connectivity index (χ3v) is 3.39. The Balaban J connectivity index is 1.73. The lowest BCUT2D eigenvalue weighted by Gasteiger charge is -2.07. The van der Waals surface area contributed by atoms with Crippen molar-refractivity contribution >= 4 is 17.5 Å². The van der Waals surface area contributed by atoms with E-state index in [1.54, 1.807) is 36.4 Å². The van der Waals surface area contributed by atoms with Crippen LogP contribution in [0, 0.1) is 0 Å². The topological polar surface area (TPSA) is 60.7 Å². The van der Waals surface area contributed by atoms with Gasteiger partial charge in [-0.05, 0) is 56.7 Å². The van der Waals surface area contributed by atoms with Gasteiger partial charge in [-0.3, -0.25) is 4.79 Å². The maximum atomic E-state index is 12.0. The van der Waals surface area contributed by atoms with Crippen LogP contribution in [0.5, 0.6) is 5.75 Å². The van der Waals surface area contributed by atoms with E-state index in [1.165, 1.54) is 0 Å². The molecule has 1 heterocycles. The van der Waals surface area contributed by atoms with E-state index in [0.29, 0.717) is 29.7 Å². The van der Waals surface area contributed by atoms with Gasteiger partial charge < -0.3 is 19.2 Å². The van der Waals surface area contributed by atoms with Gasteiger partial charge in [0.2, 0.25) is 0 Å². The molecule has 0 spiro atoms. The molecule has 0 aliphatic rings. The van der Waals surface area contributed by atoms with Crippen LogP contribution in [-0.4, -0.2) is 25.2 Å². The van der Waals surface area contributed by atoms with E-state index in [1.807, 2.05) is 13.8 Å². The molecule has 1 amide bonds. The monoisotopic (exact) mass is 351 g/mol. The molecule has 0 aliphatic carbocycles. The second-order valence-electron chi connectivity index (χ2n) is 5.54. The molecule has 0 unspecified atom stereocenters. The van der Waals surface area contributed by atoms with Gasteiger partial charge in [-0.1, -0.05) is 11.6 Å². The van der Waals surface area contributed by atoms with Crippen LogP contribution in [0.15, 0.2) is 40.8 Å². The summed E-state index contributed by atoms with van der Waals surface area (Å²) in [4.78, 5) is 12.0. The van der Waals surface area contributed by atoms with E-state index in [2.05, 4.69) is 5.32 Å². The smallest absolute Gasteiger partial charge is 0.286 e. The standard InChI is InChI=1S/C18H22ClNO4/c1-13(2)22-11-3-10-20-18(21)17-9-8-16(24-17)12-23-15-6-4-14(19)5-7-15/h4-9,13H,3,10-12H2,1-2H3,(H,20,21). The SMILES string of the molecule is CC(C)OCCCNC(=O)c1ccc(COc2ccc(Cl)cc2)o1. The second kappa shape index (κ2) is 9.35. The second-order valence-corrected chi connectivity index (χ2v) is 5.97. The largest absolute Gasteiger partial charge is 0.486 e. The summed E-state index contributed by atoms with van der Waals surface area (Å²) in [5.74, 6) is 1.30. The Morgan fingerprint density at radius 3 is 2.67 bits per heavy atom. The number of benzene rings is 1. The van der Waals surface area contributed by atoms with Crippen LogP contribution in [0.4, 0.5) is 0 Å². The molecule has 0 radical (unpaired) electrons. The molecule has 24 heavy (non-hydrogen) atoms. The molecule has 130 valence electrons. The van der Waals surface area contributed by atoms with Crippen LogP contribution in [0.1, 0.15) is 36.6 Å². The summed E-state index contributed by atoms with van der Waals surface area (Å²) in [6.07, 6.45) is 0.964. The van der Waals surface area contributed by atoms with Crippen molar-refractivity contribution in [2.45, 2.75) is 33.0 Å². The van der Waals surface area contributed by atoms with E-state index >= 15 is 0 Å². The summed E-state index contributed by atoms with van der Waals surface area (Å²) >= 11 is 5.82. The number of hydrogen-bond donors (Lipinski definition) is 1. The fourth-order valence-corrected chi connectivity index (χ4v) is 2.07. The zero-order valence-electron chi connectivity index (χ0n) is 13.9. The summed E-state index contributed by atoms with van der Waals surface area (Å²) < 4.78 is 16.5. The maximum Gasteiger partial charge on any atom is 0.286 e. The third-order valence-electron chi connectivity index (χ3n) is 3.14. The maximum absolute atomic E-state index is 12.0. The first-order chi connectivity index (χ1) is 11.5. The zero-order chi connectivity index (χ0) is 17.4. The zero-order valence-corrected chi connectivity index (χ0v) is 14.6. The molecule has 0 atom stereocenters. The number of furan rings is 1. The van der Waals surface area contributed by atoms with Gasteiger partial charge in [0.15, 0.2) is 5.76 Å². The molecule has 5 nitrogen and oxygen atoms in total. The summed E-state index contributed by atoms with van der Waals surface area (Å²) in [6, 6.07) is 10.4. The first kappa shape index (κ1) is 18.4. The van der Waals surface area contributed by atoms with Gasteiger partial charge in [-0.2, -0.15) is 0 Å². The fourth-order valence-electron chi connectivity index (χ4n) is 1.94. The number of nitrogens with one attached hydrogen (secondary N) is 1. The Bertz CT molecular complexity index is 637. The Labute approximate surface area is 146 Å². The molecule has 0 aliphatic heterocycles. The van der Waals surface area contributed by atoms with E-state index in [0.717, 1.165) is 6.42 Å². The van der Waals surface area contributed by atoms with Crippen LogP contribution in [0.25, 0.3) is 0 Å². The fraction of sp³-hybridized carbons (Fsp3) is 0.389. The van der Waals surface area contributed by atoms with Gasteiger partial charge in [0.1, 0.15) is 18.1 Å². The van der Waals surface area contributed by atoms with Crippen molar-refractivity contribution in [1.29, 1.82) is 0 Å². The molecule has 1 aromatic carbocycles. The molecule has 0 fully saturated rings. The summed E-state index contributed by atoms with van der Waals surface area (Å²) in [7, 11) is 0. The summed E-state index contributed by atoms with van der Waals surface area (Å²) in [5, 5.41) is 3.45. The lowest BCUT2D eigenvalue weighted by atomic mass is 10.3. The Hall–Kier alpha value is -1.98. The van der Waals surface area contributed by atoms with E-state index < -0.39 is 0 Å². The van der Waals surface area contributed by atoms with Crippen molar-refractivity contribution in [3.8, 4) is 5.75 Å². The molecule has 0 saturated heterocycles. The number of rotatable bonds is 9. The van der Waals surface area contributed by atoms with Crippen LogP contribution < -0.4 is 10.1 Å². The average molecular weight is 352 g/mol. The van der Waals surface area contributed by atoms with Crippen molar-refractivity contribution in [3.63, 3.8) is 0 Å². The summed E-state index contributed by atoms with van der Waals surface area (Å²) in [5.41, 5.74) is 0. The first-order valence-corrected chi connectivity index (χ1v) is 8.29. The van der Waals surface area contributed by atoms with Crippen LogP contribution >= 0.6 is 11.6 Å². The van der Waals surface area contributed by atoms with Crippen molar-refractivity contribution in [3.05, 3.63) is 52.9 Å². The van der Waals surface area contributed by atoms with E-state index in [4.69, 9.17) is 25.5 Å². The highest BCUT2D eigenvalue weighted by atomic mass is 35.5. The number of ether oxygens (including phenoxy) is 2. The van der Waals surface area contributed by atoms with Crippen molar-refractivity contribution in [1.82, 2.24) is 5.32 Å². The summed E-state index contributed by atoms with van der Waals surface area (Å²) in [6.45, 7) is 5.38. The quantitative estimate of drug-likeness (QED) is 0.692. The highest BCUT2D eigenvalue weighted by Gasteiger charge is 2.11. The number of hydrogen-bond acceptors (Lipinski definition) is 4. The minimum absolute atomic E-state index is 0.203. The molecule has 6 heteroatoms. The normalized spacial score (nSPS) is 10.8. The van der Waals surface area contributed by atoms with Gasteiger partial charge in [0.05, 0.1) is 6.10 Å². The van der Waals surface area contributed by atoms with Gasteiger partial charge in [0, 0.05) is 18.2 Å². The van der Waals surface area contributed by atoms with Crippen LogP contribution in [-0.2, 0) is 11.3 Å². The minimum atomic E-state index is -0.239. The van der Waals surface area contributed by atoms with E-state index in [-0.39, 0.29) is 24.4 Å². The van der Waals surface area contributed by atoms with Crippen molar-refractivity contribution in [2.75, 3.05) is 13.2 Å². The Morgan fingerprint density at radius 2 is 1.96 bits per heavy atom. The minimum Gasteiger partial charge on any atom is -0.486 e. The molecule has 2 rings (SSSR count). The lowest BCUT2D eigenvalue weighted by Crippen LogP contribution is -2.25. The third kappa shape index (κ3) is 6.26. The Morgan fingerprint density at radius 1 is 1.21 bits per heavy atom. The molecular formula is C18H22ClNO4. The number of amides is 1. The van der Waals surface area contributed by atoms with Crippen molar-refractivity contribution in [2.24, 2.45) is 0 Å². The molecule has 1 N–H and O–H groups in total. The molecule has 0 bridgehead atoms. The van der Waals surface area contributed by atoms with E-state index in [9.17, 15) is 4.79 Å². The van der Waals surface area contributed by atoms with Gasteiger partial charge >= 0.3 is 0 Å². The van der Waals surface area contributed by atoms with Gasteiger partial charge in [-0.15, -0.1) is 0 Å². The Kier molecular flexibility index (Phi) is 7.15. The molecule has 1 aromatic heterocycles. The first-order valence-electron chi connectivity index (χ1n) is 7.91. The number of carbonyl (C=O) groups is 1.